The fourth-order valence-electron chi connectivity index (χ4n) is 3.39. The van der Waals surface area contributed by atoms with E-state index in [-0.39, 0.29) is 5.91 Å². The Bertz CT molecular complexity index is 1030. The highest BCUT2D eigenvalue weighted by Crippen LogP contribution is 2.46. The molecular weight excluding hydrogens is 378 g/mol. The maximum absolute atomic E-state index is 12.4. The van der Waals surface area contributed by atoms with Crippen LogP contribution in [0.5, 0.6) is 0 Å². The minimum Gasteiger partial charge on any atom is -0.303 e. The Hall–Kier alpha value is -1.93. The summed E-state index contributed by atoms with van der Waals surface area (Å²) < 4.78 is 3.39. The van der Waals surface area contributed by atoms with E-state index in [2.05, 4.69) is 51.0 Å². The van der Waals surface area contributed by atoms with Crippen molar-refractivity contribution >= 4 is 44.4 Å². The second-order valence-electron chi connectivity index (χ2n) is 7.50. The van der Waals surface area contributed by atoms with Crippen molar-refractivity contribution in [1.82, 2.24) is 19.7 Å². The topological polar surface area (TPSA) is 72.7 Å². The number of thiazole rings is 1. The second kappa shape index (κ2) is 6.60. The molecule has 6 nitrogen and oxygen atoms in total. The number of thioether (sulfide) groups is 1. The summed E-state index contributed by atoms with van der Waals surface area (Å²) in [4.78, 5) is 17.0. The molecule has 2 aliphatic carbocycles. The molecule has 2 heterocycles. The van der Waals surface area contributed by atoms with Gasteiger partial charge in [0.05, 0.1) is 16.0 Å². The zero-order valence-electron chi connectivity index (χ0n) is 15.4. The normalized spacial score (nSPS) is 16.8. The Balaban J connectivity index is 1.27. The summed E-state index contributed by atoms with van der Waals surface area (Å²) in [5.74, 6) is 1.98. The average molecular weight is 400 g/mol. The zero-order valence-corrected chi connectivity index (χ0v) is 17.0. The zero-order chi connectivity index (χ0) is 18.5. The molecule has 3 aromatic rings. The Morgan fingerprint density at radius 3 is 2.81 bits per heavy atom. The van der Waals surface area contributed by atoms with Gasteiger partial charge in [0.25, 0.3) is 0 Å². The number of nitrogens with zero attached hydrogens (tertiary/aromatic N) is 4. The molecule has 8 heteroatoms. The number of amides is 1. The maximum atomic E-state index is 12.4. The Kier molecular flexibility index (Phi) is 4.20. The van der Waals surface area contributed by atoms with E-state index in [0.717, 1.165) is 26.8 Å². The minimum absolute atomic E-state index is 0.0493. The third kappa shape index (κ3) is 3.48. The molecule has 0 unspecified atom stereocenters. The number of carbonyl (C=O) groups excluding carboxylic acids is 1. The minimum atomic E-state index is -0.0493. The van der Waals surface area contributed by atoms with Crippen LogP contribution in [0.2, 0.25) is 0 Å². The molecule has 0 aliphatic heterocycles. The van der Waals surface area contributed by atoms with E-state index >= 15 is 0 Å². The van der Waals surface area contributed by atoms with Gasteiger partial charge in [-0.1, -0.05) is 29.2 Å². The lowest BCUT2D eigenvalue weighted by Gasteiger charge is -2.07. The standard InChI is InChI=1S/C19H21N5OS2/c1-10-7-11(2)16-14(8-10)27-18(21-16)20-15(25)9-26-19-23-22-17(12-3-4-12)24(19)13-5-6-13/h7-8,12-13H,3-6,9H2,1-2H3,(H,20,21,25). The van der Waals surface area contributed by atoms with Gasteiger partial charge in [0.15, 0.2) is 10.3 Å². The van der Waals surface area contributed by atoms with Crippen LogP contribution in [-0.2, 0) is 4.79 Å². The van der Waals surface area contributed by atoms with Crippen molar-refractivity contribution in [2.75, 3.05) is 11.1 Å². The molecular formula is C19H21N5OS2. The molecule has 1 N–H and O–H groups in total. The molecule has 0 bridgehead atoms. The highest BCUT2D eigenvalue weighted by molar-refractivity contribution is 7.99. The summed E-state index contributed by atoms with van der Waals surface area (Å²) in [5.41, 5.74) is 3.32. The van der Waals surface area contributed by atoms with Gasteiger partial charge < -0.3 is 9.88 Å². The van der Waals surface area contributed by atoms with E-state index in [1.807, 2.05) is 0 Å². The first-order valence-corrected chi connectivity index (χ1v) is 11.1. The molecule has 0 spiro atoms. The smallest absolute Gasteiger partial charge is 0.236 e. The first-order valence-electron chi connectivity index (χ1n) is 9.33. The quantitative estimate of drug-likeness (QED) is 0.620. The Morgan fingerprint density at radius 1 is 1.26 bits per heavy atom. The second-order valence-corrected chi connectivity index (χ2v) is 9.47. The van der Waals surface area contributed by atoms with Crippen molar-refractivity contribution < 1.29 is 4.79 Å². The summed E-state index contributed by atoms with van der Waals surface area (Å²) in [7, 11) is 0. The number of benzene rings is 1. The molecule has 27 heavy (non-hydrogen) atoms. The number of hydrogen-bond acceptors (Lipinski definition) is 6. The summed E-state index contributed by atoms with van der Waals surface area (Å²) in [5, 5.41) is 13.2. The fourth-order valence-corrected chi connectivity index (χ4v) is 5.26. The van der Waals surface area contributed by atoms with Gasteiger partial charge in [0.2, 0.25) is 5.91 Å². The van der Waals surface area contributed by atoms with Gasteiger partial charge in [-0.3, -0.25) is 4.79 Å². The van der Waals surface area contributed by atoms with E-state index in [1.54, 1.807) is 0 Å². The number of carbonyl (C=O) groups is 1. The van der Waals surface area contributed by atoms with Crippen molar-refractivity contribution in [2.24, 2.45) is 0 Å². The van der Waals surface area contributed by atoms with Crippen LogP contribution < -0.4 is 5.32 Å². The number of aryl methyl sites for hydroxylation is 2. The number of fused-ring (bicyclic) bond motifs is 1. The summed E-state index contributed by atoms with van der Waals surface area (Å²) in [6, 6.07) is 4.77. The molecule has 2 fully saturated rings. The summed E-state index contributed by atoms with van der Waals surface area (Å²) in [6.45, 7) is 4.13. The largest absolute Gasteiger partial charge is 0.303 e. The van der Waals surface area contributed by atoms with Crippen LogP contribution in [-0.4, -0.2) is 31.4 Å². The Morgan fingerprint density at radius 2 is 2.07 bits per heavy atom. The predicted molar refractivity (Wildman–Crippen MR) is 109 cm³/mol. The van der Waals surface area contributed by atoms with Crippen molar-refractivity contribution in [3.8, 4) is 0 Å². The number of hydrogen-bond donors (Lipinski definition) is 1. The average Bonchev–Trinajstić information content (AvgIpc) is 3.55. The van der Waals surface area contributed by atoms with Gasteiger partial charge in [0, 0.05) is 12.0 Å². The fraction of sp³-hybridized carbons (Fsp3) is 0.474. The first-order chi connectivity index (χ1) is 13.1. The van der Waals surface area contributed by atoms with Gasteiger partial charge in [-0.05, 0) is 56.7 Å². The van der Waals surface area contributed by atoms with Crippen LogP contribution >= 0.6 is 23.1 Å². The molecule has 2 aliphatic rings. The van der Waals surface area contributed by atoms with Gasteiger partial charge in [0.1, 0.15) is 5.82 Å². The van der Waals surface area contributed by atoms with Crippen molar-refractivity contribution in [2.45, 2.75) is 56.6 Å². The molecule has 2 aromatic heterocycles. The lowest BCUT2D eigenvalue weighted by Crippen LogP contribution is -2.14. The lowest BCUT2D eigenvalue weighted by atomic mass is 10.1. The van der Waals surface area contributed by atoms with Crippen LogP contribution in [0.3, 0.4) is 0 Å². The molecule has 0 saturated heterocycles. The van der Waals surface area contributed by atoms with Crippen LogP contribution in [0, 0.1) is 13.8 Å². The maximum Gasteiger partial charge on any atom is 0.236 e. The number of rotatable bonds is 6. The first kappa shape index (κ1) is 17.2. The van der Waals surface area contributed by atoms with E-state index in [0.29, 0.717) is 22.8 Å². The van der Waals surface area contributed by atoms with Gasteiger partial charge in [-0.25, -0.2) is 4.98 Å². The summed E-state index contributed by atoms with van der Waals surface area (Å²) in [6.07, 6.45) is 4.82. The van der Waals surface area contributed by atoms with Gasteiger partial charge in [-0.15, -0.1) is 10.2 Å². The summed E-state index contributed by atoms with van der Waals surface area (Å²) >= 11 is 3.00. The van der Waals surface area contributed by atoms with Gasteiger partial charge >= 0.3 is 0 Å². The van der Waals surface area contributed by atoms with Crippen LogP contribution in [0.1, 0.15) is 54.6 Å². The molecule has 140 valence electrons. The third-order valence-corrected chi connectivity index (χ3v) is 6.81. The Labute approximate surface area is 165 Å². The molecule has 1 aromatic carbocycles. The van der Waals surface area contributed by atoms with E-state index < -0.39 is 0 Å². The van der Waals surface area contributed by atoms with Crippen LogP contribution in [0.25, 0.3) is 10.2 Å². The molecule has 2 saturated carbocycles. The molecule has 5 rings (SSSR count). The van der Waals surface area contributed by atoms with Crippen molar-refractivity contribution in [3.63, 3.8) is 0 Å². The van der Waals surface area contributed by atoms with Crippen molar-refractivity contribution in [3.05, 3.63) is 29.1 Å². The molecule has 1 amide bonds. The lowest BCUT2D eigenvalue weighted by molar-refractivity contribution is -0.113. The van der Waals surface area contributed by atoms with Gasteiger partial charge in [-0.2, -0.15) is 0 Å². The molecule has 0 radical (unpaired) electrons. The SMILES string of the molecule is Cc1cc(C)c2nc(NC(=O)CSc3nnc(C4CC4)n3C3CC3)sc2c1. The number of nitrogens with one attached hydrogen (secondary N) is 1. The van der Waals surface area contributed by atoms with E-state index in [4.69, 9.17) is 0 Å². The highest BCUT2D eigenvalue weighted by atomic mass is 32.2. The van der Waals surface area contributed by atoms with Crippen LogP contribution in [0.4, 0.5) is 5.13 Å². The van der Waals surface area contributed by atoms with Crippen molar-refractivity contribution in [1.29, 1.82) is 0 Å². The highest BCUT2D eigenvalue weighted by Gasteiger charge is 2.36. The van der Waals surface area contributed by atoms with E-state index in [9.17, 15) is 4.79 Å². The molecule has 0 atom stereocenters. The number of aromatic nitrogens is 4. The van der Waals surface area contributed by atoms with E-state index in [1.165, 1.54) is 54.3 Å². The third-order valence-electron chi connectivity index (χ3n) is 4.95. The monoisotopic (exact) mass is 399 g/mol. The predicted octanol–water partition coefficient (Wildman–Crippen LogP) is 4.45. The number of anilines is 1. The van der Waals surface area contributed by atoms with Crippen LogP contribution in [0.15, 0.2) is 17.3 Å².